The van der Waals surface area contributed by atoms with Gasteiger partial charge in [-0.25, -0.2) is 0 Å². The molecule has 0 aliphatic rings. The fourth-order valence-electron chi connectivity index (χ4n) is 0. The third kappa shape index (κ3) is 190. The first-order valence-corrected chi connectivity index (χ1v) is 8.81. The molecule has 0 radical (unpaired) electrons. The number of hydrogen-bond acceptors (Lipinski definition) is 12. The van der Waals surface area contributed by atoms with Crippen molar-refractivity contribution in [1.29, 1.82) is 0 Å². The largest absolute Gasteiger partial charge is 2.00 e. The predicted molar refractivity (Wildman–Crippen MR) is 109 cm³/mol. The van der Waals surface area contributed by atoms with Crippen molar-refractivity contribution in [3.63, 3.8) is 0 Å². The van der Waals surface area contributed by atoms with Crippen LogP contribution in [0.15, 0.2) is 0 Å². The Kier molecular flexibility index (Phi) is 96.7. The van der Waals surface area contributed by atoms with Gasteiger partial charge in [-0.3, -0.25) is 0 Å². The van der Waals surface area contributed by atoms with E-state index in [1.807, 2.05) is 0 Å². The summed E-state index contributed by atoms with van der Waals surface area (Å²) >= 11 is 0. The Labute approximate surface area is 291 Å². The maximum atomic E-state index is 9.26. The van der Waals surface area contributed by atoms with Crippen LogP contribution in [0.5, 0.6) is 0 Å². The fourth-order valence-corrected chi connectivity index (χ4v) is 0. The number of aliphatic carboxylic acids is 6. The Morgan fingerprint density at radius 2 is 0.394 bits per heavy atom. The van der Waals surface area contributed by atoms with Crippen LogP contribution in [0, 0.1) is 0 Å². The van der Waals surface area contributed by atoms with Gasteiger partial charge in [0.05, 0.1) is 0 Å². The molecule has 33 heavy (non-hydrogen) atoms. The number of carbonyl (C=O) groups excluding carboxylic acids is 6. The Bertz CT molecular complexity index is 367. The van der Waals surface area contributed by atoms with Crippen LogP contribution in [0.1, 0.15) is 80.1 Å². The number of rotatable bonds is 6. The second-order valence-electron chi connectivity index (χ2n) is 4.35. The standard InChI is InChI=1S/6C3H6O2.2Ca.Sr/c6*1-2-3(4)5;;;/h6*2H2,1H3,(H,4,5);;;/q;;;;;;3*+2/p-6. The van der Waals surface area contributed by atoms with Crippen LogP contribution >= 0.6 is 0 Å². The minimum atomic E-state index is -0.995. The Morgan fingerprint density at radius 1 is 0.364 bits per heavy atom. The van der Waals surface area contributed by atoms with E-state index in [1.165, 1.54) is 41.5 Å². The van der Waals surface area contributed by atoms with Gasteiger partial charge in [-0.05, 0) is 38.5 Å². The first-order valence-electron chi connectivity index (χ1n) is 8.81. The topological polar surface area (TPSA) is 241 Å². The Balaban J connectivity index is -0.0000000294. The van der Waals surface area contributed by atoms with Crippen LogP contribution in [-0.4, -0.2) is 157 Å². The summed E-state index contributed by atoms with van der Waals surface area (Å²) in [4.78, 5) is 55.5. The SMILES string of the molecule is CCC(=O)[O-].CCC(=O)[O-].CCC(=O)[O-].CCC(=O)[O-].CCC(=O)[O-].CCC(=O)[O-].[Ca+2].[Ca+2].[Sr+2]. The molecule has 0 fully saturated rings. The molecule has 0 saturated heterocycles. The maximum absolute atomic E-state index is 9.26. The molecule has 0 aromatic carbocycles. The first-order chi connectivity index (χ1) is 13.6. The normalized spacial score (nSPS) is 6.73. The van der Waals surface area contributed by atoms with Gasteiger partial charge >= 0.3 is 121 Å². The number of carboxylic acid groups (broad SMARTS) is 6. The maximum Gasteiger partial charge on any atom is 2.00 e. The molecule has 0 atom stereocenters. The second-order valence-corrected chi connectivity index (χ2v) is 4.35. The van der Waals surface area contributed by atoms with Gasteiger partial charge in [0.1, 0.15) is 0 Å². The summed E-state index contributed by atoms with van der Waals surface area (Å²) in [5, 5.41) is 55.5. The van der Waals surface area contributed by atoms with Crippen LogP contribution in [0.3, 0.4) is 0 Å². The quantitative estimate of drug-likeness (QED) is 0.257. The van der Waals surface area contributed by atoms with Crippen molar-refractivity contribution < 1.29 is 59.4 Å². The smallest absolute Gasteiger partial charge is 0.550 e. The van der Waals surface area contributed by atoms with E-state index in [1.54, 1.807) is 0 Å². The Hall–Kier alpha value is 0.820. The molecule has 15 heteroatoms. The van der Waals surface area contributed by atoms with Crippen LogP contribution in [0.25, 0.3) is 0 Å². The third-order valence-electron chi connectivity index (χ3n) is 1.73. The minimum Gasteiger partial charge on any atom is -0.550 e. The van der Waals surface area contributed by atoms with Crippen molar-refractivity contribution in [1.82, 2.24) is 0 Å². The molecule has 0 unspecified atom stereocenters. The molecule has 0 amide bonds. The first kappa shape index (κ1) is 59.1. The van der Waals surface area contributed by atoms with E-state index in [4.69, 9.17) is 0 Å². The van der Waals surface area contributed by atoms with Crippen molar-refractivity contribution in [3.05, 3.63) is 0 Å². The third-order valence-corrected chi connectivity index (χ3v) is 1.73. The van der Waals surface area contributed by atoms with Gasteiger partial charge < -0.3 is 59.4 Å². The summed E-state index contributed by atoms with van der Waals surface area (Å²) in [6.45, 7) is 9.22. The molecule has 180 valence electrons. The summed E-state index contributed by atoms with van der Waals surface area (Å²) in [5.41, 5.74) is 0. The van der Waals surface area contributed by atoms with E-state index in [9.17, 15) is 59.4 Å². The van der Waals surface area contributed by atoms with Gasteiger partial charge in [-0.2, -0.15) is 0 Å². The molecule has 0 spiro atoms. The second kappa shape index (κ2) is 53.9. The molecule has 0 aromatic rings. The van der Waals surface area contributed by atoms with Gasteiger partial charge in [0.2, 0.25) is 0 Å². The fraction of sp³-hybridized carbons (Fsp3) is 0.667. The summed E-state index contributed by atoms with van der Waals surface area (Å²) < 4.78 is 0. The molecule has 0 N–H and O–H groups in total. The zero-order valence-electron chi connectivity index (χ0n) is 20.3. The average molecular weight is 606 g/mol. The van der Waals surface area contributed by atoms with Crippen LogP contribution in [0.2, 0.25) is 0 Å². The van der Waals surface area contributed by atoms with Crippen molar-refractivity contribution in [2.45, 2.75) is 80.1 Å². The van der Waals surface area contributed by atoms with Crippen molar-refractivity contribution in [2.24, 2.45) is 0 Å². The van der Waals surface area contributed by atoms with Gasteiger partial charge in [0, 0.05) is 35.8 Å². The number of carbonyl (C=O) groups is 6. The Morgan fingerprint density at radius 3 is 0.394 bits per heavy atom. The predicted octanol–water partition coefficient (Wildman–Crippen LogP) is -6.26. The average Bonchev–Trinajstić information content (AvgIpc) is 2.69. The van der Waals surface area contributed by atoms with E-state index in [-0.39, 0.29) is 159 Å². The summed E-state index contributed by atoms with van der Waals surface area (Å²) in [6, 6.07) is 0. The van der Waals surface area contributed by atoms with E-state index in [0.717, 1.165) is 0 Å². The van der Waals surface area contributed by atoms with E-state index in [0.29, 0.717) is 0 Å². The summed E-state index contributed by atoms with van der Waals surface area (Å²) in [5.74, 6) is -5.97. The molecule has 0 heterocycles. The van der Waals surface area contributed by atoms with Gasteiger partial charge in [-0.1, -0.05) is 41.5 Å². The molecule has 0 aliphatic heterocycles. The van der Waals surface area contributed by atoms with Gasteiger partial charge in [0.15, 0.2) is 0 Å². The van der Waals surface area contributed by atoms with Crippen LogP contribution in [-0.2, 0) is 28.8 Å². The zero-order chi connectivity index (χ0) is 25.7. The van der Waals surface area contributed by atoms with Crippen LogP contribution < -0.4 is 30.6 Å². The summed E-state index contributed by atoms with van der Waals surface area (Å²) in [7, 11) is 0. The van der Waals surface area contributed by atoms with Gasteiger partial charge in [0.25, 0.3) is 0 Å². The van der Waals surface area contributed by atoms with Crippen molar-refractivity contribution in [2.75, 3.05) is 0 Å². The molecule has 0 aromatic heterocycles. The molecule has 0 rings (SSSR count). The van der Waals surface area contributed by atoms with E-state index < -0.39 is 35.8 Å². The van der Waals surface area contributed by atoms with Gasteiger partial charge in [-0.15, -0.1) is 0 Å². The number of carboxylic acids is 6. The summed E-state index contributed by atoms with van der Waals surface area (Å²) in [6.07, 6.45) is 0.667. The minimum absolute atomic E-state index is 0. The molecule has 0 bridgehead atoms. The van der Waals surface area contributed by atoms with Crippen molar-refractivity contribution >= 4 is 157 Å². The van der Waals surface area contributed by atoms with Crippen molar-refractivity contribution in [3.8, 4) is 0 Å². The van der Waals surface area contributed by atoms with Crippen LogP contribution in [0.4, 0.5) is 0 Å². The molecular formula is C18H30Ca2O12Sr. The molecule has 0 aliphatic carbocycles. The van der Waals surface area contributed by atoms with E-state index in [2.05, 4.69) is 0 Å². The monoisotopic (exact) mass is 606 g/mol. The number of hydrogen-bond donors (Lipinski definition) is 0. The zero-order valence-corrected chi connectivity index (χ0v) is 28.2. The molecule has 12 nitrogen and oxygen atoms in total. The molecular weight excluding hydrogens is 576 g/mol. The molecule has 0 saturated carbocycles. The van der Waals surface area contributed by atoms with E-state index >= 15 is 0 Å².